The minimum Gasteiger partial charge on any atom is -0.481 e. The van der Waals surface area contributed by atoms with E-state index in [0.29, 0.717) is 0 Å². The van der Waals surface area contributed by atoms with E-state index in [1.54, 1.807) is 6.92 Å². The number of hydrogen-bond acceptors (Lipinski definition) is 3. The molecule has 0 fully saturated rings. The lowest BCUT2D eigenvalue weighted by molar-refractivity contribution is -0.142. The van der Waals surface area contributed by atoms with Crippen LogP contribution in [-0.4, -0.2) is 34.9 Å². The summed E-state index contributed by atoms with van der Waals surface area (Å²) in [5.41, 5.74) is 0. The molecule has 0 aromatic carbocycles. The average Bonchev–Trinajstić information content (AvgIpc) is 2.14. The predicted molar refractivity (Wildman–Crippen MR) is 55.1 cm³/mol. The van der Waals surface area contributed by atoms with Crippen LogP contribution in [0.1, 0.15) is 27.7 Å². The lowest BCUT2D eigenvalue weighted by Crippen LogP contribution is -2.44. The van der Waals surface area contributed by atoms with Gasteiger partial charge in [0.2, 0.25) is 0 Å². The third kappa shape index (κ3) is 4.07. The van der Waals surface area contributed by atoms with Crippen LogP contribution in [0.4, 0.5) is 0 Å². The smallest absolute Gasteiger partial charge is 0.307 e. The zero-order valence-electron chi connectivity index (χ0n) is 9.32. The molecule has 3 N–H and O–H groups in total. The summed E-state index contributed by atoms with van der Waals surface area (Å²) < 4.78 is 0. The van der Waals surface area contributed by atoms with Gasteiger partial charge in [0.25, 0.3) is 0 Å². The van der Waals surface area contributed by atoms with Crippen molar-refractivity contribution in [2.45, 2.75) is 39.8 Å². The predicted octanol–water partition coefficient (Wildman–Crippen LogP) is 0.702. The van der Waals surface area contributed by atoms with Crippen molar-refractivity contribution in [1.82, 2.24) is 5.32 Å². The highest BCUT2D eigenvalue weighted by Gasteiger charge is 2.22. The second-order valence-electron chi connectivity index (χ2n) is 4.03. The average molecular weight is 203 g/mol. The quantitative estimate of drug-likeness (QED) is 0.594. The second-order valence-corrected chi connectivity index (χ2v) is 4.03. The highest BCUT2D eigenvalue weighted by molar-refractivity contribution is 5.70. The van der Waals surface area contributed by atoms with Crippen molar-refractivity contribution in [3.8, 4) is 0 Å². The van der Waals surface area contributed by atoms with Gasteiger partial charge in [-0.15, -0.1) is 0 Å². The van der Waals surface area contributed by atoms with E-state index in [4.69, 9.17) is 10.2 Å². The van der Waals surface area contributed by atoms with Gasteiger partial charge >= 0.3 is 5.97 Å². The Bertz CT molecular complexity index is 184. The third-order valence-corrected chi connectivity index (χ3v) is 2.81. The molecule has 0 amide bonds. The summed E-state index contributed by atoms with van der Waals surface area (Å²) in [4.78, 5) is 10.7. The number of carboxylic acids is 1. The Labute approximate surface area is 85.3 Å². The number of carboxylic acid groups (broad SMARTS) is 1. The first-order valence-electron chi connectivity index (χ1n) is 4.99. The molecule has 4 unspecified atom stereocenters. The van der Waals surface area contributed by atoms with Gasteiger partial charge in [0.15, 0.2) is 0 Å². The van der Waals surface area contributed by atoms with Gasteiger partial charge in [0, 0.05) is 18.7 Å². The summed E-state index contributed by atoms with van der Waals surface area (Å²) in [6.07, 6.45) is 0. The van der Waals surface area contributed by atoms with Gasteiger partial charge in [-0.05, 0) is 19.8 Å². The fraction of sp³-hybridized carbons (Fsp3) is 0.900. The fourth-order valence-electron chi connectivity index (χ4n) is 1.10. The molecule has 0 spiro atoms. The summed E-state index contributed by atoms with van der Waals surface area (Å²) in [7, 11) is 0. The molecule has 0 aliphatic heterocycles. The third-order valence-electron chi connectivity index (χ3n) is 2.81. The summed E-state index contributed by atoms with van der Waals surface area (Å²) in [6.45, 7) is 7.51. The molecular weight excluding hydrogens is 182 g/mol. The monoisotopic (exact) mass is 203 g/mol. The SMILES string of the molecule is CC(CO)C(C)NC(C)C(C)C(=O)O. The molecular formula is C10H21NO3. The largest absolute Gasteiger partial charge is 0.481 e. The Hall–Kier alpha value is -0.610. The van der Waals surface area contributed by atoms with Crippen molar-refractivity contribution in [2.75, 3.05) is 6.61 Å². The maximum Gasteiger partial charge on any atom is 0.307 e. The van der Waals surface area contributed by atoms with E-state index in [1.165, 1.54) is 0 Å². The molecule has 0 aromatic rings. The van der Waals surface area contributed by atoms with Gasteiger partial charge in [0.05, 0.1) is 5.92 Å². The zero-order chi connectivity index (χ0) is 11.3. The van der Waals surface area contributed by atoms with Crippen molar-refractivity contribution < 1.29 is 15.0 Å². The number of nitrogens with one attached hydrogen (secondary N) is 1. The van der Waals surface area contributed by atoms with Gasteiger partial charge < -0.3 is 15.5 Å². The van der Waals surface area contributed by atoms with Crippen LogP contribution in [0.15, 0.2) is 0 Å². The van der Waals surface area contributed by atoms with E-state index in [0.717, 1.165) is 0 Å². The number of carbonyl (C=O) groups is 1. The number of rotatable bonds is 6. The first-order chi connectivity index (χ1) is 6.40. The van der Waals surface area contributed by atoms with Crippen LogP contribution in [-0.2, 0) is 4.79 Å². The summed E-state index contributed by atoms with van der Waals surface area (Å²) in [5, 5.41) is 20.9. The maximum absolute atomic E-state index is 10.7. The number of hydrogen-bond donors (Lipinski definition) is 3. The molecule has 0 aliphatic rings. The van der Waals surface area contributed by atoms with Crippen LogP contribution in [0.25, 0.3) is 0 Å². The van der Waals surface area contributed by atoms with E-state index in [-0.39, 0.29) is 24.6 Å². The fourth-order valence-corrected chi connectivity index (χ4v) is 1.10. The van der Waals surface area contributed by atoms with Crippen molar-refractivity contribution in [2.24, 2.45) is 11.8 Å². The van der Waals surface area contributed by atoms with Gasteiger partial charge in [-0.1, -0.05) is 13.8 Å². The summed E-state index contributed by atoms with van der Waals surface area (Å²) in [5.74, 6) is -1.07. The Morgan fingerprint density at radius 2 is 1.71 bits per heavy atom. The summed E-state index contributed by atoms with van der Waals surface area (Å²) in [6, 6.07) is 0.0355. The minimum atomic E-state index is -0.797. The molecule has 84 valence electrons. The van der Waals surface area contributed by atoms with Crippen molar-refractivity contribution in [3.05, 3.63) is 0 Å². The molecule has 0 rings (SSSR count). The van der Waals surface area contributed by atoms with Gasteiger partial charge in [0.1, 0.15) is 0 Å². The van der Waals surface area contributed by atoms with Crippen LogP contribution in [0.5, 0.6) is 0 Å². The highest BCUT2D eigenvalue weighted by atomic mass is 16.4. The first kappa shape index (κ1) is 13.4. The standard InChI is InChI=1S/C10H21NO3/c1-6(5-12)8(3)11-9(4)7(2)10(13)14/h6-9,11-12H,5H2,1-4H3,(H,13,14). The van der Waals surface area contributed by atoms with Gasteiger partial charge in [-0.25, -0.2) is 0 Å². The van der Waals surface area contributed by atoms with Crippen molar-refractivity contribution >= 4 is 5.97 Å². The van der Waals surface area contributed by atoms with E-state index in [2.05, 4.69) is 5.32 Å². The molecule has 0 aliphatic carbocycles. The Morgan fingerprint density at radius 3 is 2.07 bits per heavy atom. The van der Waals surface area contributed by atoms with Gasteiger partial charge in [-0.3, -0.25) is 4.79 Å². The van der Waals surface area contributed by atoms with E-state index in [9.17, 15) is 4.79 Å². The molecule has 0 bridgehead atoms. The molecule has 4 nitrogen and oxygen atoms in total. The molecule has 4 heteroatoms. The zero-order valence-corrected chi connectivity index (χ0v) is 9.32. The van der Waals surface area contributed by atoms with Crippen LogP contribution >= 0.6 is 0 Å². The molecule has 4 atom stereocenters. The molecule has 0 aromatic heterocycles. The van der Waals surface area contributed by atoms with E-state index in [1.807, 2.05) is 20.8 Å². The normalized spacial score (nSPS) is 19.8. The van der Waals surface area contributed by atoms with Gasteiger partial charge in [-0.2, -0.15) is 0 Å². The molecule has 14 heavy (non-hydrogen) atoms. The Kier molecular flexibility index (Phi) is 5.72. The molecule has 0 heterocycles. The van der Waals surface area contributed by atoms with E-state index >= 15 is 0 Å². The number of aliphatic carboxylic acids is 1. The molecule has 0 saturated carbocycles. The van der Waals surface area contributed by atoms with Crippen molar-refractivity contribution in [1.29, 1.82) is 0 Å². The number of aliphatic hydroxyl groups excluding tert-OH is 1. The Morgan fingerprint density at radius 1 is 1.21 bits per heavy atom. The summed E-state index contributed by atoms with van der Waals surface area (Å²) >= 11 is 0. The second kappa shape index (κ2) is 5.98. The van der Waals surface area contributed by atoms with Crippen LogP contribution in [0, 0.1) is 11.8 Å². The number of aliphatic hydroxyl groups is 1. The van der Waals surface area contributed by atoms with Crippen molar-refractivity contribution in [3.63, 3.8) is 0 Å². The molecule has 0 radical (unpaired) electrons. The lowest BCUT2D eigenvalue weighted by atomic mass is 9.99. The maximum atomic E-state index is 10.7. The van der Waals surface area contributed by atoms with Crippen LogP contribution in [0.3, 0.4) is 0 Å². The Balaban J connectivity index is 4.04. The topological polar surface area (TPSA) is 69.6 Å². The lowest BCUT2D eigenvalue weighted by Gasteiger charge is -2.26. The highest BCUT2D eigenvalue weighted by Crippen LogP contribution is 2.07. The van der Waals surface area contributed by atoms with Crippen LogP contribution in [0.2, 0.25) is 0 Å². The van der Waals surface area contributed by atoms with E-state index < -0.39 is 11.9 Å². The van der Waals surface area contributed by atoms with Crippen LogP contribution < -0.4 is 5.32 Å². The molecule has 0 saturated heterocycles. The minimum absolute atomic E-state index is 0.0866. The first-order valence-corrected chi connectivity index (χ1v) is 4.99.